The molecular weight excluding hydrogens is 316 g/mol. The second kappa shape index (κ2) is 5.61. The minimum absolute atomic E-state index is 0.0300. The Morgan fingerprint density at radius 1 is 1.47 bits per heavy atom. The van der Waals surface area contributed by atoms with E-state index in [1.165, 1.54) is 18.3 Å². The molecule has 98 valence electrons. The van der Waals surface area contributed by atoms with E-state index in [0.717, 1.165) is 5.56 Å². The van der Waals surface area contributed by atoms with E-state index in [-0.39, 0.29) is 11.2 Å². The Labute approximate surface area is 115 Å². The Bertz CT molecular complexity index is 671. The monoisotopic (exact) mass is 324 g/mol. The van der Waals surface area contributed by atoms with Crippen LogP contribution in [0.25, 0.3) is 0 Å². The summed E-state index contributed by atoms with van der Waals surface area (Å²) in [5, 5.41) is 19.6. The van der Waals surface area contributed by atoms with Crippen LogP contribution < -0.4 is 10.9 Å². The maximum atomic E-state index is 11.3. The third kappa shape index (κ3) is 3.16. The number of nitro benzene ring substituents is 1. The zero-order valence-electron chi connectivity index (χ0n) is 9.59. The lowest BCUT2D eigenvalue weighted by Gasteiger charge is -2.07. The van der Waals surface area contributed by atoms with Crippen LogP contribution in [-0.4, -0.2) is 15.1 Å². The molecule has 0 aliphatic carbocycles. The predicted molar refractivity (Wildman–Crippen MR) is 73.0 cm³/mol. The van der Waals surface area contributed by atoms with Gasteiger partial charge in [0.1, 0.15) is 4.47 Å². The summed E-state index contributed by atoms with van der Waals surface area (Å²) in [5.74, 6) is 0. The molecule has 0 fully saturated rings. The number of benzene rings is 1. The quantitative estimate of drug-likeness (QED) is 0.662. The Morgan fingerprint density at radius 3 is 3.00 bits per heavy atom. The molecule has 7 nitrogen and oxygen atoms in total. The molecule has 0 saturated heterocycles. The van der Waals surface area contributed by atoms with Gasteiger partial charge in [-0.05, 0) is 21.5 Å². The van der Waals surface area contributed by atoms with E-state index in [9.17, 15) is 14.9 Å². The molecular formula is C11H9BrN4O3. The van der Waals surface area contributed by atoms with Gasteiger partial charge < -0.3 is 5.32 Å². The summed E-state index contributed by atoms with van der Waals surface area (Å²) in [7, 11) is 0. The van der Waals surface area contributed by atoms with Gasteiger partial charge in [0.2, 0.25) is 0 Å². The number of rotatable bonds is 4. The molecule has 2 aromatic rings. The number of nitrogens with one attached hydrogen (secondary N) is 2. The van der Waals surface area contributed by atoms with Crippen molar-refractivity contribution in [2.24, 2.45) is 0 Å². The molecule has 1 aromatic carbocycles. The summed E-state index contributed by atoms with van der Waals surface area (Å²) in [6.07, 6.45) is 1.46. The molecule has 1 heterocycles. The van der Waals surface area contributed by atoms with Crippen LogP contribution >= 0.6 is 15.9 Å². The van der Waals surface area contributed by atoms with E-state index in [0.29, 0.717) is 16.7 Å². The lowest BCUT2D eigenvalue weighted by atomic mass is 10.2. The highest BCUT2D eigenvalue weighted by molar-refractivity contribution is 9.10. The van der Waals surface area contributed by atoms with Gasteiger partial charge in [0.05, 0.1) is 16.8 Å². The largest absolute Gasteiger partial charge is 0.379 e. The molecule has 0 spiro atoms. The van der Waals surface area contributed by atoms with E-state index in [1.54, 1.807) is 12.1 Å². The number of hydrogen-bond acceptors (Lipinski definition) is 5. The van der Waals surface area contributed by atoms with Crippen LogP contribution in [0.4, 0.5) is 11.4 Å². The van der Waals surface area contributed by atoms with Gasteiger partial charge in [-0.15, -0.1) is 0 Å². The number of aromatic nitrogens is 2. The third-order valence-electron chi connectivity index (χ3n) is 2.40. The average Bonchev–Trinajstić information content (AvgIpc) is 2.41. The Kier molecular flexibility index (Phi) is 3.91. The number of nitrogens with zero attached hydrogens (tertiary/aromatic N) is 2. The van der Waals surface area contributed by atoms with Gasteiger partial charge in [0.25, 0.3) is 11.2 Å². The van der Waals surface area contributed by atoms with Gasteiger partial charge in [-0.3, -0.25) is 14.9 Å². The number of H-pyrrole nitrogens is 1. The van der Waals surface area contributed by atoms with E-state index in [2.05, 4.69) is 31.4 Å². The standard InChI is InChI=1S/C11H9BrN4O3/c12-10-9(6-14-15-11(10)17)13-5-7-2-1-3-8(4-7)16(18)19/h1-4,6H,5H2,(H2,13,15,17). The highest BCUT2D eigenvalue weighted by Crippen LogP contribution is 2.18. The number of nitro groups is 1. The van der Waals surface area contributed by atoms with Crippen molar-refractivity contribution in [1.29, 1.82) is 0 Å². The van der Waals surface area contributed by atoms with Gasteiger partial charge >= 0.3 is 0 Å². The van der Waals surface area contributed by atoms with Crippen molar-refractivity contribution >= 4 is 27.3 Å². The molecule has 0 aliphatic rings. The van der Waals surface area contributed by atoms with Crippen molar-refractivity contribution in [3.63, 3.8) is 0 Å². The van der Waals surface area contributed by atoms with Crippen LogP contribution in [-0.2, 0) is 6.54 Å². The van der Waals surface area contributed by atoms with Gasteiger partial charge in [0, 0.05) is 18.7 Å². The van der Waals surface area contributed by atoms with Crippen LogP contribution in [0.1, 0.15) is 5.56 Å². The van der Waals surface area contributed by atoms with Gasteiger partial charge in [-0.2, -0.15) is 5.10 Å². The normalized spacial score (nSPS) is 10.2. The lowest BCUT2D eigenvalue weighted by molar-refractivity contribution is -0.384. The van der Waals surface area contributed by atoms with Crippen molar-refractivity contribution < 1.29 is 4.92 Å². The molecule has 0 unspecified atom stereocenters. The molecule has 1 aromatic heterocycles. The van der Waals surface area contributed by atoms with Gasteiger partial charge in [-0.1, -0.05) is 12.1 Å². The van der Waals surface area contributed by atoms with Crippen LogP contribution in [0.2, 0.25) is 0 Å². The Balaban J connectivity index is 2.14. The van der Waals surface area contributed by atoms with Crippen molar-refractivity contribution in [2.45, 2.75) is 6.54 Å². The summed E-state index contributed by atoms with van der Waals surface area (Å²) >= 11 is 3.14. The molecule has 8 heteroatoms. The highest BCUT2D eigenvalue weighted by Gasteiger charge is 2.07. The van der Waals surface area contributed by atoms with E-state index >= 15 is 0 Å². The van der Waals surface area contributed by atoms with Crippen molar-refractivity contribution in [3.05, 3.63) is 61.0 Å². The van der Waals surface area contributed by atoms with Crippen LogP contribution in [0, 0.1) is 10.1 Å². The van der Waals surface area contributed by atoms with Crippen molar-refractivity contribution in [2.75, 3.05) is 5.32 Å². The number of anilines is 1. The molecule has 0 amide bonds. The lowest BCUT2D eigenvalue weighted by Crippen LogP contribution is -2.12. The van der Waals surface area contributed by atoms with E-state index in [1.807, 2.05) is 0 Å². The SMILES string of the molecule is O=c1[nH]ncc(NCc2cccc([N+](=O)[O-])c2)c1Br. The number of hydrogen-bond donors (Lipinski definition) is 2. The van der Waals surface area contributed by atoms with Crippen LogP contribution in [0.3, 0.4) is 0 Å². The zero-order valence-corrected chi connectivity index (χ0v) is 11.2. The van der Waals surface area contributed by atoms with E-state index < -0.39 is 4.92 Å². The summed E-state index contributed by atoms with van der Waals surface area (Å²) in [6.45, 7) is 0.353. The smallest absolute Gasteiger partial charge is 0.280 e. The second-order valence-electron chi connectivity index (χ2n) is 3.71. The number of halogens is 1. The fourth-order valence-electron chi connectivity index (χ4n) is 1.48. The number of non-ortho nitro benzene ring substituents is 1. The molecule has 0 saturated carbocycles. The predicted octanol–water partition coefficient (Wildman–Crippen LogP) is 2.05. The van der Waals surface area contributed by atoms with Crippen LogP contribution in [0.5, 0.6) is 0 Å². The highest BCUT2D eigenvalue weighted by atomic mass is 79.9. The first kappa shape index (κ1) is 13.2. The molecule has 0 bridgehead atoms. The summed E-state index contributed by atoms with van der Waals surface area (Å²) < 4.78 is 0.341. The topological polar surface area (TPSA) is 101 Å². The Hall–Kier alpha value is -2.22. The van der Waals surface area contributed by atoms with Crippen molar-refractivity contribution in [3.8, 4) is 0 Å². The first-order valence-electron chi connectivity index (χ1n) is 5.28. The zero-order chi connectivity index (χ0) is 13.8. The average molecular weight is 325 g/mol. The van der Waals surface area contributed by atoms with Crippen LogP contribution in [0.15, 0.2) is 39.7 Å². The molecule has 0 aliphatic heterocycles. The fraction of sp³-hybridized carbons (Fsp3) is 0.0909. The maximum Gasteiger partial charge on any atom is 0.280 e. The minimum atomic E-state index is -0.450. The van der Waals surface area contributed by atoms with E-state index in [4.69, 9.17) is 0 Å². The molecule has 2 N–H and O–H groups in total. The molecule has 2 rings (SSSR count). The molecule has 19 heavy (non-hydrogen) atoms. The van der Waals surface area contributed by atoms with Gasteiger partial charge in [0.15, 0.2) is 0 Å². The van der Waals surface area contributed by atoms with Gasteiger partial charge in [-0.25, -0.2) is 5.10 Å². The first-order valence-corrected chi connectivity index (χ1v) is 6.07. The maximum absolute atomic E-state index is 11.3. The summed E-state index contributed by atoms with van der Waals surface area (Å²) in [5.41, 5.74) is 0.947. The number of aromatic amines is 1. The third-order valence-corrected chi connectivity index (χ3v) is 3.19. The summed E-state index contributed by atoms with van der Waals surface area (Å²) in [6, 6.07) is 6.27. The second-order valence-corrected chi connectivity index (χ2v) is 4.50. The summed E-state index contributed by atoms with van der Waals surface area (Å²) in [4.78, 5) is 21.5. The molecule has 0 atom stereocenters. The first-order chi connectivity index (χ1) is 9.08. The fourth-order valence-corrected chi connectivity index (χ4v) is 1.82. The minimum Gasteiger partial charge on any atom is -0.379 e. The molecule has 0 radical (unpaired) electrons. The Morgan fingerprint density at radius 2 is 2.26 bits per heavy atom. The van der Waals surface area contributed by atoms with Crippen molar-refractivity contribution in [1.82, 2.24) is 10.2 Å².